The SMILES string of the molecule is COC(=O)CC(CN1CCC(CCc2ccc3c(n2)NCCC3)C1)c1cc(N2CCN(C=O)CC2)cc(-n2nc(C)cc2C)c1. The zero-order valence-electron chi connectivity index (χ0n) is 27.0. The highest BCUT2D eigenvalue weighted by molar-refractivity contribution is 5.71. The molecule has 0 aliphatic carbocycles. The molecule has 10 nitrogen and oxygen atoms in total. The quantitative estimate of drug-likeness (QED) is 0.255. The Morgan fingerprint density at radius 3 is 2.67 bits per heavy atom. The Kier molecular flexibility index (Phi) is 9.68. The van der Waals surface area contributed by atoms with Crippen molar-refractivity contribution in [2.45, 2.75) is 58.3 Å². The van der Waals surface area contributed by atoms with Gasteiger partial charge in [0.2, 0.25) is 6.41 Å². The van der Waals surface area contributed by atoms with E-state index in [2.05, 4.69) is 58.4 Å². The minimum absolute atomic E-state index is 0.0171. The van der Waals surface area contributed by atoms with Crippen molar-refractivity contribution in [2.75, 3.05) is 69.7 Å². The molecule has 6 rings (SSSR count). The second-order valence-corrected chi connectivity index (χ2v) is 13.0. The molecule has 1 amide bonds. The summed E-state index contributed by atoms with van der Waals surface area (Å²) in [5.41, 5.74) is 7.75. The number of likely N-dealkylation sites (tertiary alicyclic amines) is 1. The summed E-state index contributed by atoms with van der Waals surface area (Å²) in [6.45, 7) is 10.9. The van der Waals surface area contributed by atoms with E-state index in [1.807, 2.05) is 16.5 Å². The number of carbonyl (C=O) groups excluding carboxylic acids is 2. The first-order valence-corrected chi connectivity index (χ1v) is 16.5. The highest BCUT2D eigenvalue weighted by Crippen LogP contribution is 2.32. The molecule has 0 radical (unpaired) electrons. The van der Waals surface area contributed by atoms with E-state index in [1.54, 1.807) is 0 Å². The van der Waals surface area contributed by atoms with Crippen LogP contribution in [0, 0.1) is 19.8 Å². The molecule has 2 aromatic heterocycles. The summed E-state index contributed by atoms with van der Waals surface area (Å²) >= 11 is 0. The van der Waals surface area contributed by atoms with Crippen LogP contribution >= 0.6 is 0 Å². The molecular weight excluding hydrogens is 566 g/mol. The van der Waals surface area contributed by atoms with E-state index < -0.39 is 0 Å². The van der Waals surface area contributed by atoms with Crippen molar-refractivity contribution in [3.63, 3.8) is 0 Å². The Morgan fingerprint density at radius 2 is 1.91 bits per heavy atom. The maximum Gasteiger partial charge on any atom is 0.306 e. The van der Waals surface area contributed by atoms with Crippen LogP contribution in [0.4, 0.5) is 11.5 Å². The normalized spacial score (nSPS) is 19.2. The summed E-state index contributed by atoms with van der Waals surface area (Å²) in [6.07, 6.45) is 6.82. The van der Waals surface area contributed by atoms with Crippen LogP contribution in [0.1, 0.15) is 59.8 Å². The maximum absolute atomic E-state index is 12.7. The second-order valence-electron chi connectivity index (χ2n) is 13.0. The lowest BCUT2D eigenvalue weighted by molar-refractivity contribution is -0.141. The minimum Gasteiger partial charge on any atom is -0.469 e. The van der Waals surface area contributed by atoms with Gasteiger partial charge < -0.3 is 24.8 Å². The molecule has 2 saturated heterocycles. The molecular formula is C35H47N7O3. The number of carbonyl (C=O) groups is 2. The third kappa shape index (κ3) is 7.49. The monoisotopic (exact) mass is 613 g/mol. The van der Waals surface area contributed by atoms with Gasteiger partial charge in [-0.25, -0.2) is 9.67 Å². The van der Waals surface area contributed by atoms with Gasteiger partial charge in [0.05, 0.1) is 24.9 Å². The fraction of sp³-hybridized carbons (Fsp3) is 0.543. The average Bonchev–Trinajstić information content (AvgIpc) is 3.67. The topological polar surface area (TPSA) is 95.8 Å². The van der Waals surface area contributed by atoms with E-state index in [0.29, 0.717) is 25.4 Å². The van der Waals surface area contributed by atoms with Gasteiger partial charge in [0.1, 0.15) is 5.82 Å². The number of esters is 1. The number of amides is 1. The van der Waals surface area contributed by atoms with Gasteiger partial charge in [0, 0.05) is 68.8 Å². The highest BCUT2D eigenvalue weighted by Gasteiger charge is 2.28. The molecule has 2 atom stereocenters. The Hall–Kier alpha value is -3.92. The standard InChI is InChI=1S/C35H47N7O3/c1-25-17-26(2)42(38-25)33-19-29(18-32(21-33)41-15-13-39(24-43)14-16-41)30(20-34(44)45-3)23-40-12-10-27(22-40)6-8-31-9-7-28-5-4-11-36-35(28)37-31/h7,9,17-19,21,24,27,30H,4-6,8,10-16,20,22-23H2,1-3H3,(H,36,37). The molecule has 3 aliphatic rings. The molecule has 2 unspecified atom stereocenters. The van der Waals surface area contributed by atoms with Crippen molar-refractivity contribution in [3.8, 4) is 5.69 Å². The predicted molar refractivity (Wildman–Crippen MR) is 176 cm³/mol. The lowest BCUT2D eigenvalue weighted by Crippen LogP contribution is -2.45. The molecule has 1 N–H and O–H groups in total. The van der Waals surface area contributed by atoms with Crippen LogP contribution < -0.4 is 10.2 Å². The van der Waals surface area contributed by atoms with Gasteiger partial charge >= 0.3 is 5.97 Å². The number of ether oxygens (including phenoxy) is 1. The molecule has 0 saturated carbocycles. The fourth-order valence-electron chi connectivity index (χ4n) is 7.19. The van der Waals surface area contributed by atoms with Crippen molar-refractivity contribution in [3.05, 3.63) is 64.6 Å². The summed E-state index contributed by atoms with van der Waals surface area (Å²) in [5.74, 6) is 1.47. The van der Waals surface area contributed by atoms with Crippen LogP contribution in [0.15, 0.2) is 36.4 Å². The maximum atomic E-state index is 12.7. The second kappa shape index (κ2) is 14.0. The van der Waals surface area contributed by atoms with Gasteiger partial charge in [-0.15, -0.1) is 0 Å². The molecule has 0 bridgehead atoms. The van der Waals surface area contributed by atoms with Crippen LogP contribution in [0.2, 0.25) is 0 Å². The minimum atomic E-state index is -0.194. The zero-order chi connectivity index (χ0) is 31.3. The first kappa shape index (κ1) is 31.1. The summed E-state index contributed by atoms with van der Waals surface area (Å²) in [4.78, 5) is 35.7. The number of pyridine rings is 1. The zero-order valence-corrected chi connectivity index (χ0v) is 27.0. The lowest BCUT2D eigenvalue weighted by Gasteiger charge is -2.35. The number of rotatable bonds is 11. The molecule has 1 aromatic carbocycles. The van der Waals surface area contributed by atoms with Crippen LogP contribution in [0.25, 0.3) is 5.69 Å². The van der Waals surface area contributed by atoms with Gasteiger partial charge in [0.15, 0.2) is 0 Å². The molecule has 3 aliphatic heterocycles. The predicted octanol–water partition coefficient (Wildman–Crippen LogP) is 4.12. The lowest BCUT2D eigenvalue weighted by atomic mass is 9.93. The first-order chi connectivity index (χ1) is 21.9. The van der Waals surface area contributed by atoms with E-state index >= 15 is 0 Å². The van der Waals surface area contributed by atoms with E-state index in [0.717, 1.165) is 106 Å². The number of hydrogen-bond acceptors (Lipinski definition) is 8. The molecule has 240 valence electrons. The summed E-state index contributed by atoms with van der Waals surface area (Å²) in [7, 11) is 1.47. The molecule has 2 fully saturated rings. The van der Waals surface area contributed by atoms with Crippen molar-refractivity contribution in [1.29, 1.82) is 0 Å². The Morgan fingerprint density at radius 1 is 1.09 bits per heavy atom. The third-order valence-corrected chi connectivity index (χ3v) is 9.73. The number of methoxy groups -OCH3 is 1. The number of aryl methyl sites for hydroxylation is 4. The fourth-order valence-corrected chi connectivity index (χ4v) is 7.19. The largest absolute Gasteiger partial charge is 0.469 e. The Balaban J connectivity index is 1.19. The van der Waals surface area contributed by atoms with E-state index in [9.17, 15) is 9.59 Å². The Bertz CT molecular complexity index is 1500. The van der Waals surface area contributed by atoms with Gasteiger partial charge in [0.25, 0.3) is 0 Å². The van der Waals surface area contributed by atoms with Crippen LogP contribution in [-0.2, 0) is 27.2 Å². The van der Waals surface area contributed by atoms with Crippen molar-refractivity contribution < 1.29 is 14.3 Å². The number of nitrogens with zero attached hydrogens (tertiary/aromatic N) is 6. The van der Waals surface area contributed by atoms with Crippen molar-refractivity contribution in [2.24, 2.45) is 5.92 Å². The van der Waals surface area contributed by atoms with Gasteiger partial charge in [-0.3, -0.25) is 9.59 Å². The Labute approximate surface area is 266 Å². The van der Waals surface area contributed by atoms with Crippen molar-refractivity contribution >= 4 is 23.9 Å². The van der Waals surface area contributed by atoms with E-state index in [4.69, 9.17) is 14.8 Å². The number of hydrogen-bond donors (Lipinski definition) is 1. The van der Waals surface area contributed by atoms with Crippen LogP contribution in [-0.4, -0.2) is 96.4 Å². The highest BCUT2D eigenvalue weighted by atomic mass is 16.5. The first-order valence-electron chi connectivity index (χ1n) is 16.5. The number of fused-ring (bicyclic) bond motifs is 1. The van der Waals surface area contributed by atoms with Gasteiger partial charge in [-0.05, 0) is 99.9 Å². The number of aromatic nitrogens is 3. The summed E-state index contributed by atoms with van der Waals surface area (Å²) < 4.78 is 7.18. The van der Waals surface area contributed by atoms with E-state index in [-0.39, 0.29) is 11.9 Å². The van der Waals surface area contributed by atoms with E-state index in [1.165, 1.54) is 24.8 Å². The molecule has 0 spiro atoms. The molecule has 5 heterocycles. The molecule has 10 heteroatoms. The molecule has 3 aromatic rings. The smallest absolute Gasteiger partial charge is 0.306 e. The third-order valence-electron chi connectivity index (χ3n) is 9.73. The number of anilines is 2. The number of piperazine rings is 1. The number of nitrogens with one attached hydrogen (secondary N) is 1. The van der Waals surface area contributed by atoms with Crippen LogP contribution in [0.3, 0.4) is 0 Å². The number of benzene rings is 1. The summed E-state index contributed by atoms with van der Waals surface area (Å²) in [6, 6.07) is 13.2. The average molecular weight is 614 g/mol. The van der Waals surface area contributed by atoms with Crippen molar-refractivity contribution in [1.82, 2.24) is 24.6 Å². The van der Waals surface area contributed by atoms with Gasteiger partial charge in [-0.1, -0.05) is 6.07 Å². The van der Waals surface area contributed by atoms with Gasteiger partial charge in [-0.2, -0.15) is 5.10 Å². The molecule has 45 heavy (non-hydrogen) atoms. The van der Waals surface area contributed by atoms with Crippen LogP contribution in [0.5, 0.6) is 0 Å². The summed E-state index contributed by atoms with van der Waals surface area (Å²) in [5, 5.41) is 8.25.